The number of hydrogen-bond acceptors (Lipinski definition) is 20. The predicted molar refractivity (Wildman–Crippen MR) is 245 cm³/mol. The molecule has 9 atom stereocenters. The van der Waals surface area contributed by atoms with E-state index in [4.69, 9.17) is 14.2 Å². The number of unbranched alkanes of at least 4 members (excludes halogenated alkanes) is 1. The maximum atomic E-state index is 13.0. The van der Waals surface area contributed by atoms with Gasteiger partial charge in [-0.3, -0.25) is 48.9 Å². The SMILES string of the molecule is O=C(O)CN1CCN(CC(=O)O)CCN(CCNC(=O)OCc2ccc(OC3OC(CO)C(O)C(O)C3O)c([N+](=O)[O-])c2)C(CCNC(=O)CCCCC2SCC3NC(=O)NC32)CN(CC(=O)O)CC1. The third-order valence-electron chi connectivity index (χ3n) is 12.5. The minimum absolute atomic E-state index is 0.0292. The van der Waals surface area contributed by atoms with Gasteiger partial charge in [-0.2, -0.15) is 11.8 Å². The Morgan fingerprint density at radius 1 is 0.843 bits per heavy atom. The number of carboxylic acid groups (broad SMARTS) is 3. The van der Waals surface area contributed by atoms with Crippen LogP contribution in [0.3, 0.4) is 0 Å². The Balaban J connectivity index is 1.22. The van der Waals surface area contributed by atoms with E-state index in [1.165, 1.54) is 6.07 Å². The summed E-state index contributed by atoms with van der Waals surface area (Å²) in [5, 5.41) is 92.9. The van der Waals surface area contributed by atoms with Gasteiger partial charge < -0.3 is 71.2 Å². The van der Waals surface area contributed by atoms with E-state index >= 15 is 0 Å². The molecule has 28 heteroatoms. The third-order valence-corrected chi connectivity index (χ3v) is 14.0. The van der Waals surface area contributed by atoms with Crippen molar-refractivity contribution in [2.24, 2.45) is 0 Å². The molecule has 0 bridgehead atoms. The Bertz CT molecular complexity index is 1960. The molecule has 0 saturated carbocycles. The highest BCUT2D eigenvalue weighted by Gasteiger charge is 2.45. The van der Waals surface area contributed by atoms with Crippen LogP contribution in [0.2, 0.25) is 0 Å². The first-order valence-electron chi connectivity index (χ1n) is 23.1. The van der Waals surface area contributed by atoms with Gasteiger partial charge in [-0.25, -0.2) is 9.59 Å². The summed E-state index contributed by atoms with van der Waals surface area (Å²) in [6.07, 6.45) is -6.41. The number of aliphatic hydroxyl groups is 4. The molecule has 4 saturated heterocycles. The van der Waals surface area contributed by atoms with Crippen molar-refractivity contribution >= 4 is 53.4 Å². The molecule has 1 aromatic rings. The number of carboxylic acids is 3. The second-order valence-electron chi connectivity index (χ2n) is 17.5. The van der Waals surface area contributed by atoms with Gasteiger partial charge in [0, 0.05) is 95.0 Å². The summed E-state index contributed by atoms with van der Waals surface area (Å²) in [5.74, 6) is -3.06. The number of amides is 4. The standard InChI is InChI=1S/C42H65N9O18S/c52-22-30-37(60)38(61)39(62)40(69-30)68-29-6-5-25(17-28(29)51(65)66)23-67-42(64)44-9-10-50-16-15-48(20-34(56)57)12-11-47(19-33(54)55)13-14-49(21-35(58)59)18-26(50)7-8-43-32(53)4-2-1-3-31-36-27(24-70-31)45-41(63)46-36/h5-6,17,26-27,30-31,36-40,52,60-62H,1-4,7-16,18-24H2,(H,43,53)(H,44,64)(H,54,55)(H,56,57)(H,58,59)(H2,45,46,63). The van der Waals surface area contributed by atoms with E-state index < -0.39 is 90.3 Å². The monoisotopic (exact) mass is 1020 g/mol. The molecule has 4 heterocycles. The van der Waals surface area contributed by atoms with Gasteiger partial charge in [-0.1, -0.05) is 12.5 Å². The zero-order valence-electron chi connectivity index (χ0n) is 38.5. The van der Waals surface area contributed by atoms with Crippen LogP contribution in [0, 0.1) is 10.1 Å². The number of nitrogens with one attached hydrogen (secondary N) is 4. The number of nitro benzene ring substituents is 1. The lowest BCUT2D eigenvalue weighted by Gasteiger charge is -2.39. The topological polar surface area (TPSA) is 376 Å². The van der Waals surface area contributed by atoms with E-state index in [9.17, 15) is 74.6 Å². The first-order chi connectivity index (χ1) is 33.4. The fraction of sp³-hybridized carbons (Fsp3) is 0.714. The van der Waals surface area contributed by atoms with Crippen molar-refractivity contribution in [3.63, 3.8) is 0 Å². The summed E-state index contributed by atoms with van der Waals surface area (Å²) in [4.78, 5) is 91.6. The van der Waals surface area contributed by atoms with E-state index in [1.807, 2.05) is 4.90 Å². The number of aliphatic hydroxyl groups excluding tert-OH is 4. The van der Waals surface area contributed by atoms with Gasteiger partial charge in [-0.05, 0) is 30.9 Å². The molecule has 5 rings (SSSR count). The first kappa shape index (κ1) is 55.8. The van der Waals surface area contributed by atoms with Gasteiger partial charge in [0.25, 0.3) is 0 Å². The summed E-state index contributed by atoms with van der Waals surface area (Å²) in [6, 6.07) is 3.08. The van der Waals surface area contributed by atoms with Crippen LogP contribution in [0.4, 0.5) is 15.3 Å². The zero-order valence-corrected chi connectivity index (χ0v) is 39.4. The summed E-state index contributed by atoms with van der Waals surface area (Å²) in [6.45, 7) is -0.709. The van der Waals surface area contributed by atoms with Crippen LogP contribution >= 0.6 is 11.8 Å². The number of benzene rings is 1. The molecule has 392 valence electrons. The van der Waals surface area contributed by atoms with E-state index in [1.54, 1.807) is 26.5 Å². The molecule has 70 heavy (non-hydrogen) atoms. The Hall–Kier alpha value is -5.17. The fourth-order valence-electron chi connectivity index (χ4n) is 8.78. The molecule has 4 amide bonds. The van der Waals surface area contributed by atoms with E-state index in [-0.39, 0.29) is 126 Å². The highest BCUT2D eigenvalue weighted by atomic mass is 32.2. The molecule has 4 aliphatic heterocycles. The number of hydrogen-bond donors (Lipinski definition) is 11. The highest BCUT2D eigenvalue weighted by Crippen LogP contribution is 2.34. The van der Waals surface area contributed by atoms with Crippen molar-refractivity contribution in [2.75, 3.05) is 97.4 Å². The van der Waals surface area contributed by atoms with Crippen LogP contribution in [-0.4, -0.2) is 248 Å². The smallest absolute Gasteiger partial charge is 0.407 e. The molecule has 0 spiro atoms. The van der Waals surface area contributed by atoms with Crippen molar-refractivity contribution < 1.29 is 83.6 Å². The Morgan fingerprint density at radius 2 is 1.50 bits per heavy atom. The quantitative estimate of drug-likeness (QED) is 0.0226. The number of ether oxygens (including phenoxy) is 3. The van der Waals surface area contributed by atoms with Crippen LogP contribution in [0.1, 0.15) is 37.7 Å². The summed E-state index contributed by atoms with van der Waals surface area (Å²) in [7, 11) is 0. The average Bonchev–Trinajstić information content (AvgIpc) is 3.86. The van der Waals surface area contributed by atoms with Crippen molar-refractivity contribution in [2.45, 2.75) is 92.8 Å². The number of aliphatic carboxylic acids is 3. The Labute approximate surface area is 406 Å². The lowest BCUT2D eigenvalue weighted by Crippen LogP contribution is -2.60. The van der Waals surface area contributed by atoms with Crippen LogP contribution in [0.5, 0.6) is 5.75 Å². The highest BCUT2D eigenvalue weighted by molar-refractivity contribution is 8.00. The lowest BCUT2D eigenvalue weighted by molar-refractivity contribution is -0.387. The van der Waals surface area contributed by atoms with Gasteiger partial charge >= 0.3 is 35.7 Å². The number of carbonyl (C=O) groups excluding carboxylic acids is 3. The summed E-state index contributed by atoms with van der Waals surface area (Å²) >= 11 is 1.79. The van der Waals surface area contributed by atoms with Gasteiger partial charge in [-0.15, -0.1) is 0 Å². The number of urea groups is 1. The molecule has 0 aromatic heterocycles. The molecule has 9 unspecified atom stereocenters. The van der Waals surface area contributed by atoms with Crippen LogP contribution in [-0.2, 0) is 35.3 Å². The second kappa shape index (κ2) is 27.4. The number of thioether (sulfide) groups is 1. The van der Waals surface area contributed by atoms with Gasteiger partial charge in [0.1, 0.15) is 31.0 Å². The second-order valence-corrected chi connectivity index (χ2v) is 18.8. The van der Waals surface area contributed by atoms with Crippen molar-refractivity contribution in [3.8, 4) is 5.75 Å². The number of rotatable bonds is 23. The van der Waals surface area contributed by atoms with Crippen molar-refractivity contribution in [1.82, 2.24) is 40.9 Å². The van der Waals surface area contributed by atoms with E-state index in [2.05, 4.69) is 21.3 Å². The Morgan fingerprint density at radius 3 is 2.16 bits per heavy atom. The van der Waals surface area contributed by atoms with Crippen molar-refractivity contribution in [3.05, 3.63) is 33.9 Å². The summed E-state index contributed by atoms with van der Waals surface area (Å²) in [5.41, 5.74) is -0.454. The number of carbonyl (C=O) groups is 6. The van der Waals surface area contributed by atoms with Crippen LogP contribution in [0.25, 0.3) is 0 Å². The predicted octanol–water partition coefficient (Wildman–Crippen LogP) is -2.92. The molecule has 1 aromatic carbocycles. The molecule has 11 N–H and O–H groups in total. The minimum atomic E-state index is -1.83. The number of nitro groups is 1. The largest absolute Gasteiger partial charge is 0.480 e. The molecule has 0 aliphatic carbocycles. The molecule has 27 nitrogen and oxygen atoms in total. The summed E-state index contributed by atoms with van der Waals surface area (Å²) < 4.78 is 16.1. The minimum Gasteiger partial charge on any atom is -0.480 e. The maximum absolute atomic E-state index is 13.0. The number of alkyl carbamates (subject to hydrolysis) is 1. The molecular weight excluding hydrogens is 951 g/mol. The fourth-order valence-corrected chi connectivity index (χ4v) is 10.3. The van der Waals surface area contributed by atoms with Gasteiger partial charge in [0.2, 0.25) is 12.2 Å². The zero-order chi connectivity index (χ0) is 50.9. The third kappa shape index (κ3) is 17.3. The molecule has 0 radical (unpaired) electrons. The lowest BCUT2D eigenvalue weighted by atomic mass is 9.99. The average molecular weight is 1020 g/mol. The molecule has 4 fully saturated rings. The maximum Gasteiger partial charge on any atom is 0.407 e. The normalized spacial score (nSPS) is 27.2. The van der Waals surface area contributed by atoms with Crippen LogP contribution in [0.15, 0.2) is 18.2 Å². The van der Waals surface area contributed by atoms with E-state index in [0.29, 0.717) is 12.8 Å². The van der Waals surface area contributed by atoms with Gasteiger partial charge in [0.05, 0.1) is 43.2 Å². The van der Waals surface area contributed by atoms with Crippen LogP contribution < -0.4 is 26.0 Å². The molecule has 4 aliphatic rings. The Kier molecular flexibility index (Phi) is 21.9. The molecular formula is C42H65N9O18S. The van der Waals surface area contributed by atoms with Gasteiger partial charge in [0.15, 0.2) is 5.75 Å². The van der Waals surface area contributed by atoms with E-state index in [0.717, 1.165) is 30.7 Å². The number of nitrogens with zero attached hydrogens (tertiary/aromatic N) is 5. The van der Waals surface area contributed by atoms with Crippen molar-refractivity contribution in [1.29, 1.82) is 0 Å². The number of fused-ring (bicyclic) bond motifs is 1. The first-order valence-corrected chi connectivity index (χ1v) is 24.1.